The van der Waals surface area contributed by atoms with Crippen molar-refractivity contribution in [3.63, 3.8) is 0 Å². The molecule has 0 heterocycles. The van der Waals surface area contributed by atoms with E-state index in [1.807, 2.05) is 31.2 Å². The lowest BCUT2D eigenvalue weighted by Gasteiger charge is -2.10. The number of methoxy groups -OCH3 is 1. The Morgan fingerprint density at radius 1 is 1.00 bits per heavy atom. The number of benzene rings is 2. The maximum Gasteiger partial charge on any atom is 0.276 e. The highest BCUT2D eigenvalue weighted by atomic mass is 16.5. The second kappa shape index (κ2) is 9.12. The highest BCUT2D eigenvalue weighted by Gasteiger charge is 2.07. The van der Waals surface area contributed by atoms with Crippen LogP contribution in [0.4, 0.5) is 0 Å². The molecule has 0 saturated heterocycles. The number of para-hydroxylation sites is 2. The molecule has 0 aliphatic carbocycles. The van der Waals surface area contributed by atoms with Crippen LogP contribution in [0.2, 0.25) is 0 Å². The highest BCUT2D eigenvalue weighted by molar-refractivity contribution is 5.93. The van der Waals surface area contributed by atoms with Crippen molar-refractivity contribution >= 4 is 17.9 Å². The average Bonchev–Trinajstić information content (AvgIpc) is 2.64. The smallest absolute Gasteiger partial charge is 0.276 e. The molecule has 0 fully saturated rings. The Morgan fingerprint density at radius 2 is 1.68 bits per heavy atom. The number of hydrogen-bond donors (Lipinski definition) is 2. The number of aryl methyl sites for hydroxylation is 1. The number of ether oxygens (including phenoxy) is 2. The molecule has 2 amide bonds. The lowest BCUT2D eigenvalue weighted by Crippen LogP contribution is -2.43. The van der Waals surface area contributed by atoms with E-state index in [1.54, 1.807) is 30.3 Å². The summed E-state index contributed by atoms with van der Waals surface area (Å²) in [6.45, 7) is 1.74. The fraction of sp³-hybridized carbons (Fsp3) is 0.158. The number of nitrogens with one attached hydrogen (secondary N) is 2. The summed E-state index contributed by atoms with van der Waals surface area (Å²) < 4.78 is 10.5. The molecule has 6 heteroatoms. The normalized spacial score (nSPS) is 10.3. The van der Waals surface area contributed by atoms with E-state index in [0.717, 1.165) is 11.1 Å². The molecule has 6 nitrogen and oxygen atoms in total. The van der Waals surface area contributed by atoms with Crippen LogP contribution >= 0.6 is 0 Å². The van der Waals surface area contributed by atoms with Crippen LogP contribution in [0.5, 0.6) is 11.5 Å². The van der Waals surface area contributed by atoms with Crippen LogP contribution in [0.1, 0.15) is 11.1 Å². The molecule has 0 aliphatic rings. The van der Waals surface area contributed by atoms with Crippen molar-refractivity contribution in [1.29, 1.82) is 0 Å². The summed E-state index contributed by atoms with van der Waals surface area (Å²) in [5, 5.41) is 0. The third-order valence-corrected chi connectivity index (χ3v) is 3.26. The number of carbonyl (C=O) groups is 2. The zero-order valence-electron chi connectivity index (χ0n) is 14.1. The van der Waals surface area contributed by atoms with Crippen LogP contribution in [-0.2, 0) is 9.59 Å². The highest BCUT2D eigenvalue weighted by Crippen LogP contribution is 2.25. The van der Waals surface area contributed by atoms with E-state index in [4.69, 9.17) is 9.47 Å². The van der Waals surface area contributed by atoms with Gasteiger partial charge in [0.15, 0.2) is 18.1 Å². The van der Waals surface area contributed by atoms with Crippen molar-refractivity contribution in [2.45, 2.75) is 6.92 Å². The molecule has 2 aromatic carbocycles. The Morgan fingerprint density at radius 3 is 2.36 bits per heavy atom. The summed E-state index contributed by atoms with van der Waals surface area (Å²) >= 11 is 0. The SMILES string of the molecule is COc1ccccc1OCC(=O)NNC(=O)C=Cc1ccc(C)cc1. The van der Waals surface area contributed by atoms with Gasteiger partial charge in [-0.2, -0.15) is 0 Å². The van der Waals surface area contributed by atoms with E-state index >= 15 is 0 Å². The quantitative estimate of drug-likeness (QED) is 0.625. The third kappa shape index (κ3) is 6.02. The summed E-state index contributed by atoms with van der Waals surface area (Å²) in [6, 6.07) is 14.7. The number of amides is 2. The Balaban J connectivity index is 1.75. The molecule has 0 atom stereocenters. The van der Waals surface area contributed by atoms with Crippen LogP contribution in [-0.4, -0.2) is 25.5 Å². The number of hydrazine groups is 1. The van der Waals surface area contributed by atoms with Crippen LogP contribution < -0.4 is 20.3 Å². The van der Waals surface area contributed by atoms with E-state index in [1.165, 1.54) is 13.2 Å². The lowest BCUT2D eigenvalue weighted by molar-refractivity contribution is -0.128. The first-order valence-corrected chi connectivity index (χ1v) is 7.68. The Hall–Kier alpha value is -3.28. The number of rotatable bonds is 6. The van der Waals surface area contributed by atoms with Crippen molar-refractivity contribution in [3.8, 4) is 11.5 Å². The molecule has 2 N–H and O–H groups in total. The van der Waals surface area contributed by atoms with Crippen molar-refractivity contribution in [2.24, 2.45) is 0 Å². The summed E-state index contributed by atoms with van der Waals surface area (Å²) in [4.78, 5) is 23.4. The van der Waals surface area contributed by atoms with Crippen molar-refractivity contribution in [2.75, 3.05) is 13.7 Å². The largest absolute Gasteiger partial charge is 0.493 e. The third-order valence-electron chi connectivity index (χ3n) is 3.26. The van der Waals surface area contributed by atoms with Crippen LogP contribution in [0.3, 0.4) is 0 Å². The zero-order valence-corrected chi connectivity index (χ0v) is 14.1. The molecule has 0 radical (unpaired) electrons. The second-order valence-corrected chi connectivity index (χ2v) is 5.22. The van der Waals surface area contributed by atoms with E-state index < -0.39 is 11.8 Å². The number of carbonyl (C=O) groups excluding carboxylic acids is 2. The fourth-order valence-electron chi connectivity index (χ4n) is 1.94. The van der Waals surface area contributed by atoms with E-state index in [0.29, 0.717) is 11.5 Å². The van der Waals surface area contributed by atoms with Gasteiger partial charge in [-0.15, -0.1) is 0 Å². The molecule has 25 heavy (non-hydrogen) atoms. The van der Waals surface area contributed by atoms with E-state index in [9.17, 15) is 9.59 Å². The van der Waals surface area contributed by atoms with Crippen LogP contribution in [0, 0.1) is 6.92 Å². The molecular weight excluding hydrogens is 320 g/mol. The molecule has 0 bridgehead atoms. The number of hydrogen-bond acceptors (Lipinski definition) is 4. The topological polar surface area (TPSA) is 76.7 Å². The maximum atomic E-state index is 11.7. The minimum Gasteiger partial charge on any atom is -0.493 e. The minimum absolute atomic E-state index is 0.248. The van der Waals surface area contributed by atoms with Crippen LogP contribution in [0.15, 0.2) is 54.6 Å². The molecule has 130 valence electrons. The first kappa shape index (κ1) is 18.1. The summed E-state index contributed by atoms with van der Waals surface area (Å²) in [6.07, 6.45) is 3.00. The van der Waals surface area contributed by atoms with Gasteiger partial charge in [-0.05, 0) is 30.7 Å². The standard InChI is InChI=1S/C19H20N2O4/c1-14-7-9-15(10-8-14)11-12-18(22)20-21-19(23)13-25-17-6-4-3-5-16(17)24-2/h3-12H,13H2,1-2H3,(H,20,22)(H,21,23). The van der Waals surface area contributed by atoms with Gasteiger partial charge < -0.3 is 9.47 Å². The molecule has 2 rings (SSSR count). The first-order chi connectivity index (χ1) is 12.1. The second-order valence-electron chi connectivity index (χ2n) is 5.22. The predicted molar refractivity (Wildman–Crippen MR) is 95.0 cm³/mol. The summed E-state index contributed by atoms with van der Waals surface area (Å²) in [7, 11) is 1.52. The molecule has 0 aromatic heterocycles. The average molecular weight is 340 g/mol. The van der Waals surface area contributed by atoms with E-state index in [2.05, 4.69) is 10.9 Å². The molecule has 0 unspecified atom stereocenters. The monoisotopic (exact) mass is 340 g/mol. The van der Waals surface area contributed by atoms with Gasteiger partial charge in [0.05, 0.1) is 7.11 Å². The molecule has 0 aliphatic heterocycles. The van der Waals surface area contributed by atoms with Crippen molar-refractivity contribution in [1.82, 2.24) is 10.9 Å². The molecule has 2 aromatic rings. The van der Waals surface area contributed by atoms with Gasteiger partial charge in [-0.25, -0.2) is 0 Å². The van der Waals surface area contributed by atoms with E-state index in [-0.39, 0.29) is 6.61 Å². The Bertz CT molecular complexity index is 754. The van der Waals surface area contributed by atoms with Gasteiger partial charge in [0, 0.05) is 6.08 Å². The zero-order chi connectivity index (χ0) is 18.1. The van der Waals surface area contributed by atoms with Crippen LogP contribution in [0.25, 0.3) is 6.08 Å². The lowest BCUT2D eigenvalue weighted by atomic mass is 10.1. The van der Waals surface area contributed by atoms with Gasteiger partial charge in [0.1, 0.15) is 0 Å². The van der Waals surface area contributed by atoms with Gasteiger partial charge in [0.2, 0.25) is 0 Å². The molecule has 0 saturated carbocycles. The summed E-state index contributed by atoms with van der Waals surface area (Å²) in [5.74, 6) is 0.0559. The van der Waals surface area contributed by atoms with Gasteiger partial charge in [0.25, 0.3) is 11.8 Å². The molecular formula is C19H20N2O4. The molecule has 0 spiro atoms. The van der Waals surface area contributed by atoms with Crippen molar-refractivity contribution < 1.29 is 19.1 Å². The predicted octanol–water partition coefficient (Wildman–Crippen LogP) is 2.24. The van der Waals surface area contributed by atoms with Gasteiger partial charge in [-0.1, -0.05) is 42.0 Å². The van der Waals surface area contributed by atoms with Crippen molar-refractivity contribution in [3.05, 3.63) is 65.7 Å². The fourth-order valence-corrected chi connectivity index (χ4v) is 1.94. The van der Waals surface area contributed by atoms with Gasteiger partial charge >= 0.3 is 0 Å². The Kier molecular flexibility index (Phi) is 6.59. The first-order valence-electron chi connectivity index (χ1n) is 7.68. The Labute approximate surface area is 146 Å². The maximum absolute atomic E-state index is 11.7. The van der Waals surface area contributed by atoms with Gasteiger partial charge in [-0.3, -0.25) is 20.4 Å². The minimum atomic E-state index is -0.483. The summed E-state index contributed by atoms with van der Waals surface area (Å²) in [5.41, 5.74) is 6.61.